The maximum absolute atomic E-state index is 6.04. The van der Waals surface area contributed by atoms with Gasteiger partial charge in [-0.15, -0.1) is 0 Å². The zero-order valence-corrected chi connectivity index (χ0v) is 13.4. The number of thiocarbonyl (C=S) groups is 1. The topological polar surface area (TPSA) is 45.3 Å². The van der Waals surface area contributed by atoms with Crippen LogP contribution in [0.1, 0.15) is 0 Å². The third-order valence-electron chi connectivity index (χ3n) is 2.59. The molecule has 0 fully saturated rings. The van der Waals surface area contributed by atoms with E-state index in [1.54, 1.807) is 25.3 Å². The Morgan fingerprint density at radius 3 is 2.43 bits per heavy atom. The van der Waals surface area contributed by atoms with E-state index in [1.807, 2.05) is 24.3 Å². The highest BCUT2D eigenvalue weighted by molar-refractivity contribution is 7.80. The Labute approximate surface area is 138 Å². The molecule has 0 radical (unpaired) electrons. The van der Waals surface area contributed by atoms with Crippen molar-refractivity contribution < 1.29 is 4.74 Å². The van der Waals surface area contributed by atoms with Gasteiger partial charge >= 0.3 is 0 Å². The molecule has 0 bridgehead atoms. The molecule has 2 aromatic rings. The molecule has 21 heavy (non-hydrogen) atoms. The first kappa shape index (κ1) is 15.7. The molecule has 0 saturated carbocycles. The predicted molar refractivity (Wildman–Crippen MR) is 92.4 cm³/mol. The average molecular weight is 342 g/mol. The lowest BCUT2D eigenvalue weighted by atomic mass is 10.3. The molecule has 2 aromatic carbocycles. The zero-order valence-electron chi connectivity index (χ0n) is 11.1. The van der Waals surface area contributed by atoms with Crippen LogP contribution in [0, 0.1) is 0 Å². The molecule has 0 saturated heterocycles. The molecule has 0 spiro atoms. The maximum atomic E-state index is 6.04. The molecule has 0 aliphatic heterocycles. The Bertz CT molecular complexity index is 635. The first-order chi connectivity index (χ1) is 10.1. The molecule has 3 N–H and O–H groups in total. The molecule has 0 heterocycles. The highest BCUT2D eigenvalue weighted by Crippen LogP contribution is 2.24. The summed E-state index contributed by atoms with van der Waals surface area (Å²) in [6, 6.07) is 12.5. The van der Waals surface area contributed by atoms with Crippen molar-refractivity contribution in [3.05, 3.63) is 52.5 Å². The molecular formula is C14H13Cl2N3OS. The van der Waals surface area contributed by atoms with Gasteiger partial charge in [0, 0.05) is 10.7 Å². The van der Waals surface area contributed by atoms with Crippen LogP contribution >= 0.6 is 35.4 Å². The van der Waals surface area contributed by atoms with Crippen LogP contribution in [0.5, 0.6) is 5.75 Å². The fourth-order valence-corrected chi connectivity index (χ4v) is 2.18. The minimum atomic E-state index is 0.409. The number of methoxy groups -OCH3 is 1. The number of rotatable bonds is 4. The van der Waals surface area contributed by atoms with E-state index in [0.29, 0.717) is 20.8 Å². The summed E-state index contributed by atoms with van der Waals surface area (Å²) in [4.78, 5) is 0. The molecule has 0 atom stereocenters. The lowest BCUT2D eigenvalue weighted by molar-refractivity contribution is 0.415. The monoisotopic (exact) mass is 341 g/mol. The van der Waals surface area contributed by atoms with Crippen molar-refractivity contribution in [2.75, 3.05) is 17.9 Å². The van der Waals surface area contributed by atoms with Gasteiger partial charge in [-0.3, -0.25) is 10.9 Å². The number of benzene rings is 2. The van der Waals surface area contributed by atoms with Crippen molar-refractivity contribution in [3.63, 3.8) is 0 Å². The highest BCUT2D eigenvalue weighted by Gasteiger charge is 2.02. The fraction of sp³-hybridized carbons (Fsp3) is 0.0714. The molecule has 0 amide bonds. The van der Waals surface area contributed by atoms with Gasteiger partial charge in [0.1, 0.15) is 5.75 Å². The predicted octanol–water partition coefficient (Wildman–Crippen LogP) is 4.32. The van der Waals surface area contributed by atoms with E-state index in [2.05, 4.69) is 16.2 Å². The van der Waals surface area contributed by atoms with Crippen molar-refractivity contribution in [3.8, 4) is 5.75 Å². The average Bonchev–Trinajstić information content (AvgIpc) is 2.47. The van der Waals surface area contributed by atoms with E-state index < -0.39 is 0 Å². The molecule has 2 rings (SSSR count). The van der Waals surface area contributed by atoms with Gasteiger partial charge in [0.25, 0.3) is 0 Å². The Balaban J connectivity index is 1.89. The Morgan fingerprint density at radius 2 is 1.81 bits per heavy atom. The van der Waals surface area contributed by atoms with Gasteiger partial charge in [-0.25, -0.2) is 0 Å². The first-order valence-electron chi connectivity index (χ1n) is 6.00. The van der Waals surface area contributed by atoms with Gasteiger partial charge < -0.3 is 10.1 Å². The zero-order chi connectivity index (χ0) is 15.2. The number of hydrogen-bond donors (Lipinski definition) is 3. The Kier molecular flexibility index (Phi) is 5.50. The maximum Gasteiger partial charge on any atom is 0.189 e. The van der Waals surface area contributed by atoms with E-state index in [-0.39, 0.29) is 0 Å². The second-order valence-electron chi connectivity index (χ2n) is 4.06. The number of nitrogens with one attached hydrogen (secondary N) is 3. The third-order valence-corrected chi connectivity index (χ3v) is 3.34. The van der Waals surface area contributed by atoms with Gasteiger partial charge in [0.15, 0.2) is 5.11 Å². The van der Waals surface area contributed by atoms with Crippen molar-refractivity contribution in [2.24, 2.45) is 0 Å². The lowest BCUT2D eigenvalue weighted by Crippen LogP contribution is -2.33. The molecule has 0 unspecified atom stereocenters. The molecule has 0 aliphatic carbocycles. The minimum absolute atomic E-state index is 0.409. The lowest BCUT2D eigenvalue weighted by Gasteiger charge is -2.13. The summed E-state index contributed by atoms with van der Waals surface area (Å²) in [5.74, 6) is 0.783. The first-order valence-corrected chi connectivity index (χ1v) is 7.17. The second-order valence-corrected chi connectivity index (χ2v) is 5.31. The van der Waals surface area contributed by atoms with Crippen LogP contribution in [0.25, 0.3) is 0 Å². The van der Waals surface area contributed by atoms with Crippen molar-refractivity contribution in [1.82, 2.24) is 5.43 Å². The van der Waals surface area contributed by atoms with Crippen LogP contribution in [0.3, 0.4) is 0 Å². The summed E-state index contributed by atoms with van der Waals surface area (Å²) in [6.07, 6.45) is 0. The number of hydrazine groups is 1. The number of halogens is 2. The molecular weight excluding hydrogens is 329 g/mol. The summed E-state index contributed by atoms with van der Waals surface area (Å²) in [6.45, 7) is 0. The van der Waals surface area contributed by atoms with Gasteiger partial charge in [0.2, 0.25) is 0 Å². The summed E-state index contributed by atoms with van der Waals surface area (Å²) < 4.78 is 5.09. The largest absolute Gasteiger partial charge is 0.497 e. The van der Waals surface area contributed by atoms with E-state index >= 15 is 0 Å². The summed E-state index contributed by atoms with van der Waals surface area (Å²) in [5.41, 5.74) is 7.29. The van der Waals surface area contributed by atoms with E-state index in [4.69, 9.17) is 40.2 Å². The van der Waals surface area contributed by atoms with E-state index in [1.165, 1.54) is 0 Å². The van der Waals surface area contributed by atoms with Crippen LogP contribution < -0.4 is 20.9 Å². The second kappa shape index (κ2) is 7.36. The minimum Gasteiger partial charge on any atom is -0.497 e. The number of ether oxygens (including phenoxy) is 1. The van der Waals surface area contributed by atoms with Gasteiger partial charge in [0.05, 0.1) is 17.8 Å². The smallest absolute Gasteiger partial charge is 0.189 e. The normalized spacial score (nSPS) is 9.86. The number of hydrogen-bond acceptors (Lipinski definition) is 3. The standard InChI is InChI=1S/C14H13Cl2N3OS/c1-20-11-5-3-10(4-6-11)17-14(21)19-18-13-7-2-9(15)8-12(13)16/h2-8,18H,1H3,(H2,17,19,21). The molecule has 0 aliphatic rings. The van der Waals surface area contributed by atoms with Crippen LogP contribution in [0.4, 0.5) is 11.4 Å². The van der Waals surface area contributed by atoms with Crippen molar-refractivity contribution in [1.29, 1.82) is 0 Å². The fourth-order valence-electron chi connectivity index (χ4n) is 1.55. The van der Waals surface area contributed by atoms with E-state index in [0.717, 1.165) is 11.4 Å². The highest BCUT2D eigenvalue weighted by atomic mass is 35.5. The van der Waals surface area contributed by atoms with Crippen LogP contribution in [-0.2, 0) is 0 Å². The van der Waals surface area contributed by atoms with Crippen molar-refractivity contribution >= 4 is 51.9 Å². The molecule has 0 aromatic heterocycles. The van der Waals surface area contributed by atoms with Gasteiger partial charge in [-0.2, -0.15) is 0 Å². The SMILES string of the molecule is COc1ccc(NC(=S)NNc2ccc(Cl)cc2Cl)cc1. The Hall–Kier alpha value is -1.69. The van der Waals surface area contributed by atoms with E-state index in [9.17, 15) is 0 Å². The number of anilines is 2. The molecule has 7 heteroatoms. The molecule has 110 valence electrons. The van der Waals surface area contributed by atoms with Gasteiger partial charge in [-0.05, 0) is 54.7 Å². The summed E-state index contributed by atoms with van der Waals surface area (Å²) >= 11 is 17.1. The summed E-state index contributed by atoms with van der Waals surface area (Å²) in [5, 5.41) is 4.51. The quantitative estimate of drug-likeness (QED) is 0.571. The Morgan fingerprint density at radius 1 is 1.10 bits per heavy atom. The van der Waals surface area contributed by atoms with Gasteiger partial charge in [-0.1, -0.05) is 23.2 Å². The third kappa shape index (κ3) is 4.67. The van der Waals surface area contributed by atoms with Crippen molar-refractivity contribution in [2.45, 2.75) is 0 Å². The summed E-state index contributed by atoms with van der Waals surface area (Å²) in [7, 11) is 1.62. The van der Waals surface area contributed by atoms with Crippen LogP contribution in [-0.4, -0.2) is 12.2 Å². The van der Waals surface area contributed by atoms with Crippen LogP contribution in [0.15, 0.2) is 42.5 Å². The molecule has 4 nitrogen and oxygen atoms in total. The van der Waals surface area contributed by atoms with Crippen LogP contribution in [0.2, 0.25) is 10.0 Å².